The van der Waals surface area contributed by atoms with Crippen molar-refractivity contribution in [2.45, 2.75) is 0 Å². The van der Waals surface area contributed by atoms with E-state index >= 15 is 0 Å². The molecule has 100 valence electrons. The number of para-hydroxylation sites is 1. The second kappa shape index (κ2) is 6.31. The number of anilines is 1. The van der Waals surface area contributed by atoms with Gasteiger partial charge in [-0.25, -0.2) is 4.98 Å². The summed E-state index contributed by atoms with van der Waals surface area (Å²) in [4.78, 5) is 15.7. The highest BCUT2D eigenvalue weighted by Crippen LogP contribution is 2.31. The van der Waals surface area contributed by atoms with Gasteiger partial charge in [-0.1, -0.05) is 12.1 Å². The van der Waals surface area contributed by atoms with Crippen molar-refractivity contribution in [1.82, 2.24) is 4.98 Å². The van der Waals surface area contributed by atoms with E-state index in [2.05, 4.69) is 10.3 Å². The largest absolute Gasteiger partial charge is 0.496 e. The molecule has 0 saturated carbocycles. The lowest BCUT2D eigenvalue weighted by molar-refractivity contribution is -0.119. The molecule has 1 aromatic heterocycles. The van der Waals surface area contributed by atoms with Crippen molar-refractivity contribution < 1.29 is 14.3 Å². The van der Waals surface area contributed by atoms with Crippen LogP contribution in [0.2, 0.25) is 0 Å². The molecule has 0 atom stereocenters. The fraction of sp³-hybridized carbons (Fsp3) is 0.231. The number of aromatic nitrogens is 1. The Kier molecular flexibility index (Phi) is 4.48. The van der Waals surface area contributed by atoms with Crippen LogP contribution in [0.15, 0.2) is 29.6 Å². The van der Waals surface area contributed by atoms with Gasteiger partial charge < -0.3 is 9.47 Å². The molecule has 0 saturated heterocycles. The summed E-state index contributed by atoms with van der Waals surface area (Å²) in [6, 6.07) is 7.61. The number of carbonyl (C=O) groups excluding carboxylic acids is 1. The minimum Gasteiger partial charge on any atom is -0.496 e. The average Bonchev–Trinajstić information content (AvgIpc) is 2.87. The molecule has 2 rings (SSSR count). The maximum atomic E-state index is 11.4. The number of methoxy groups -OCH3 is 2. The van der Waals surface area contributed by atoms with Crippen molar-refractivity contribution in [2.24, 2.45) is 0 Å². The molecule has 0 bridgehead atoms. The summed E-state index contributed by atoms with van der Waals surface area (Å²) in [6.07, 6.45) is 0. The van der Waals surface area contributed by atoms with Gasteiger partial charge in [-0.15, -0.1) is 11.3 Å². The molecule has 0 aliphatic carbocycles. The van der Waals surface area contributed by atoms with Crippen molar-refractivity contribution in [3.63, 3.8) is 0 Å². The van der Waals surface area contributed by atoms with Crippen LogP contribution in [-0.2, 0) is 9.53 Å². The van der Waals surface area contributed by atoms with E-state index in [1.807, 2.05) is 29.6 Å². The van der Waals surface area contributed by atoms with Crippen LogP contribution in [0.3, 0.4) is 0 Å². The lowest BCUT2D eigenvalue weighted by Gasteiger charge is -2.05. The molecule has 0 aliphatic rings. The van der Waals surface area contributed by atoms with E-state index in [1.54, 1.807) is 7.11 Å². The summed E-state index contributed by atoms with van der Waals surface area (Å²) in [5.41, 5.74) is 1.67. The number of rotatable bonds is 5. The van der Waals surface area contributed by atoms with Crippen molar-refractivity contribution in [3.05, 3.63) is 29.6 Å². The topological polar surface area (TPSA) is 60.5 Å². The quantitative estimate of drug-likeness (QED) is 0.912. The summed E-state index contributed by atoms with van der Waals surface area (Å²) >= 11 is 1.36. The molecule has 2 aromatic rings. The molecule has 0 unspecified atom stereocenters. The molecule has 1 heterocycles. The Morgan fingerprint density at radius 2 is 2.16 bits per heavy atom. The Morgan fingerprint density at radius 1 is 1.37 bits per heavy atom. The predicted molar refractivity (Wildman–Crippen MR) is 74.6 cm³/mol. The molecule has 19 heavy (non-hydrogen) atoms. The van der Waals surface area contributed by atoms with Crippen LogP contribution in [0.4, 0.5) is 5.13 Å². The Morgan fingerprint density at radius 3 is 2.89 bits per heavy atom. The number of nitrogens with zero attached hydrogens (tertiary/aromatic N) is 1. The van der Waals surface area contributed by atoms with Gasteiger partial charge in [0.2, 0.25) is 0 Å². The number of hydrogen-bond acceptors (Lipinski definition) is 5. The van der Waals surface area contributed by atoms with Gasteiger partial charge >= 0.3 is 0 Å². The zero-order valence-electron chi connectivity index (χ0n) is 10.7. The summed E-state index contributed by atoms with van der Waals surface area (Å²) in [5.74, 6) is 0.533. The van der Waals surface area contributed by atoms with Crippen molar-refractivity contribution in [2.75, 3.05) is 26.1 Å². The highest BCUT2D eigenvalue weighted by Gasteiger charge is 2.10. The number of hydrogen-bond donors (Lipinski definition) is 1. The molecular formula is C13H14N2O3S. The second-order valence-corrected chi connectivity index (χ2v) is 4.58. The monoisotopic (exact) mass is 278 g/mol. The second-order valence-electron chi connectivity index (χ2n) is 3.72. The van der Waals surface area contributed by atoms with E-state index in [-0.39, 0.29) is 12.5 Å². The molecule has 0 fully saturated rings. The smallest absolute Gasteiger partial charge is 0.252 e. The zero-order valence-corrected chi connectivity index (χ0v) is 11.5. The molecule has 1 amide bonds. The highest BCUT2D eigenvalue weighted by atomic mass is 32.1. The van der Waals surface area contributed by atoms with Gasteiger partial charge in [-0.05, 0) is 12.1 Å². The SMILES string of the molecule is COCC(=O)Nc1nc(-c2ccccc2OC)cs1. The molecule has 0 spiro atoms. The first-order valence-electron chi connectivity index (χ1n) is 5.62. The number of ether oxygens (including phenoxy) is 2. The van der Waals surface area contributed by atoms with Crippen LogP contribution in [0.1, 0.15) is 0 Å². The molecule has 1 N–H and O–H groups in total. The van der Waals surface area contributed by atoms with Crippen molar-refractivity contribution >= 4 is 22.4 Å². The maximum absolute atomic E-state index is 11.4. The summed E-state index contributed by atoms with van der Waals surface area (Å²) in [5, 5.41) is 5.09. The van der Waals surface area contributed by atoms with Gasteiger partial charge in [0.05, 0.1) is 12.8 Å². The zero-order chi connectivity index (χ0) is 13.7. The van der Waals surface area contributed by atoms with Gasteiger partial charge in [0, 0.05) is 18.1 Å². The van der Waals surface area contributed by atoms with E-state index in [0.717, 1.165) is 17.0 Å². The lowest BCUT2D eigenvalue weighted by atomic mass is 10.1. The van der Waals surface area contributed by atoms with Gasteiger partial charge in [0.1, 0.15) is 12.4 Å². The summed E-state index contributed by atoms with van der Waals surface area (Å²) in [7, 11) is 3.09. The van der Waals surface area contributed by atoms with Gasteiger partial charge in [0.15, 0.2) is 5.13 Å². The van der Waals surface area contributed by atoms with Crippen LogP contribution >= 0.6 is 11.3 Å². The fourth-order valence-corrected chi connectivity index (χ4v) is 2.32. The highest BCUT2D eigenvalue weighted by molar-refractivity contribution is 7.14. The average molecular weight is 278 g/mol. The molecule has 1 aromatic carbocycles. The van der Waals surface area contributed by atoms with E-state index in [1.165, 1.54) is 18.4 Å². The molecule has 6 heteroatoms. The van der Waals surface area contributed by atoms with E-state index in [0.29, 0.717) is 5.13 Å². The third-order valence-electron chi connectivity index (χ3n) is 2.41. The van der Waals surface area contributed by atoms with E-state index < -0.39 is 0 Å². The maximum Gasteiger partial charge on any atom is 0.252 e. The Balaban J connectivity index is 2.19. The number of nitrogens with one attached hydrogen (secondary N) is 1. The first-order chi connectivity index (χ1) is 9.24. The molecule has 0 aliphatic heterocycles. The third kappa shape index (κ3) is 3.30. The predicted octanol–water partition coefficient (Wildman–Crippen LogP) is 2.40. The van der Waals surface area contributed by atoms with E-state index in [4.69, 9.17) is 9.47 Å². The summed E-state index contributed by atoms with van der Waals surface area (Å²) in [6.45, 7) is 0.0174. The number of benzene rings is 1. The number of thiazole rings is 1. The molecule has 5 nitrogen and oxygen atoms in total. The van der Waals surface area contributed by atoms with Gasteiger partial charge in [0.25, 0.3) is 5.91 Å². The van der Waals surface area contributed by atoms with Crippen LogP contribution in [0.25, 0.3) is 11.3 Å². The van der Waals surface area contributed by atoms with Gasteiger partial charge in [-0.2, -0.15) is 0 Å². The molecule has 0 radical (unpaired) electrons. The normalized spacial score (nSPS) is 10.2. The van der Waals surface area contributed by atoms with Gasteiger partial charge in [-0.3, -0.25) is 10.1 Å². The van der Waals surface area contributed by atoms with Crippen LogP contribution < -0.4 is 10.1 Å². The van der Waals surface area contributed by atoms with Crippen LogP contribution in [0, 0.1) is 0 Å². The van der Waals surface area contributed by atoms with Crippen LogP contribution in [-0.4, -0.2) is 31.7 Å². The number of carbonyl (C=O) groups is 1. The third-order valence-corrected chi connectivity index (χ3v) is 3.17. The minimum atomic E-state index is -0.219. The Labute approximate surface area is 115 Å². The fourth-order valence-electron chi connectivity index (χ4n) is 1.60. The van der Waals surface area contributed by atoms with Crippen molar-refractivity contribution in [1.29, 1.82) is 0 Å². The van der Waals surface area contributed by atoms with Crippen LogP contribution in [0.5, 0.6) is 5.75 Å². The Hall–Kier alpha value is -1.92. The lowest BCUT2D eigenvalue weighted by Crippen LogP contribution is -2.16. The number of amides is 1. The van der Waals surface area contributed by atoms with E-state index in [9.17, 15) is 4.79 Å². The minimum absolute atomic E-state index is 0.0174. The van der Waals surface area contributed by atoms with Crippen molar-refractivity contribution in [3.8, 4) is 17.0 Å². The molecular weight excluding hydrogens is 264 g/mol. The first kappa shape index (κ1) is 13.5. The first-order valence-corrected chi connectivity index (χ1v) is 6.50. The Bertz CT molecular complexity index is 569. The standard InChI is InChI=1S/C13H14N2O3S/c1-17-7-12(16)15-13-14-10(8-19-13)9-5-3-4-6-11(9)18-2/h3-6,8H,7H2,1-2H3,(H,14,15,16). The summed E-state index contributed by atoms with van der Waals surface area (Å²) < 4.78 is 10.0.